The van der Waals surface area contributed by atoms with Crippen LogP contribution < -0.4 is 4.74 Å². The summed E-state index contributed by atoms with van der Waals surface area (Å²) in [6, 6.07) is 1.67. The van der Waals surface area contributed by atoms with Crippen LogP contribution in [0.25, 0.3) is 0 Å². The van der Waals surface area contributed by atoms with Crippen molar-refractivity contribution in [2.24, 2.45) is 23.7 Å². The van der Waals surface area contributed by atoms with Gasteiger partial charge in [0.2, 0.25) is 0 Å². The highest BCUT2D eigenvalue weighted by atomic mass is 19.3. The molecule has 0 radical (unpaired) electrons. The molecule has 0 unspecified atom stereocenters. The number of benzene rings is 1. The van der Waals surface area contributed by atoms with Gasteiger partial charge in [-0.15, -0.1) is 0 Å². The fourth-order valence-electron chi connectivity index (χ4n) is 4.61. The number of halogens is 4. The molecule has 0 amide bonds. The minimum Gasteiger partial charge on any atom is -0.432 e. The summed E-state index contributed by atoms with van der Waals surface area (Å²) in [7, 11) is 0. The van der Waals surface area contributed by atoms with Gasteiger partial charge in [-0.05, 0) is 63.2 Å². The molecule has 2 fully saturated rings. The van der Waals surface area contributed by atoms with Crippen LogP contribution in [0.3, 0.4) is 0 Å². The summed E-state index contributed by atoms with van der Waals surface area (Å²) in [5.74, 6) is -1.09. The predicted molar refractivity (Wildman–Crippen MR) is 93.2 cm³/mol. The average Bonchev–Trinajstić information content (AvgIpc) is 2.60. The lowest BCUT2D eigenvalue weighted by Crippen LogP contribution is -2.38. The van der Waals surface area contributed by atoms with E-state index in [0.29, 0.717) is 24.7 Å². The van der Waals surface area contributed by atoms with Crippen molar-refractivity contribution in [1.82, 2.24) is 0 Å². The van der Waals surface area contributed by atoms with Gasteiger partial charge in [0.05, 0.1) is 5.92 Å². The first-order chi connectivity index (χ1) is 12.3. The van der Waals surface area contributed by atoms with E-state index in [1.165, 1.54) is 32.6 Å². The van der Waals surface area contributed by atoms with Crippen molar-refractivity contribution in [2.45, 2.75) is 71.3 Å². The Kier molecular flexibility index (Phi) is 5.83. The lowest BCUT2D eigenvalue weighted by atomic mass is 9.69. The van der Waals surface area contributed by atoms with Crippen LogP contribution in [0.1, 0.15) is 63.9 Å². The Morgan fingerprint density at radius 3 is 1.81 bits per heavy atom. The minimum atomic E-state index is -3.40. The zero-order valence-corrected chi connectivity index (χ0v) is 15.5. The SMILES string of the molecule is Cc1c(F)cc(OC(F)(F)C2CCC(C3CCC(C)CC3)CC2)cc1F. The molecule has 0 heterocycles. The van der Waals surface area contributed by atoms with Gasteiger partial charge >= 0.3 is 6.11 Å². The molecule has 5 heteroatoms. The van der Waals surface area contributed by atoms with Gasteiger partial charge in [0.15, 0.2) is 0 Å². The van der Waals surface area contributed by atoms with E-state index in [9.17, 15) is 17.6 Å². The Balaban J connectivity index is 1.57. The first-order valence-corrected chi connectivity index (χ1v) is 9.78. The third-order valence-electron chi connectivity index (χ3n) is 6.48. The van der Waals surface area contributed by atoms with E-state index >= 15 is 0 Å². The maximum atomic E-state index is 14.5. The van der Waals surface area contributed by atoms with Crippen molar-refractivity contribution in [1.29, 1.82) is 0 Å². The molecule has 0 bridgehead atoms. The molecule has 0 spiro atoms. The van der Waals surface area contributed by atoms with Gasteiger partial charge in [-0.1, -0.05) is 19.8 Å². The molecule has 0 aliphatic heterocycles. The van der Waals surface area contributed by atoms with Crippen molar-refractivity contribution in [3.8, 4) is 5.75 Å². The molecule has 26 heavy (non-hydrogen) atoms. The lowest BCUT2D eigenvalue weighted by molar-refractivity contribution is -0.224. The molecule has 0 saturated heterocycles. The van der Waals surface area contributed by atoms with E-state index in [2.05, 4.69) is 6.92 Å². The van der Waals surface area contributed by atoms with E-state index in [-0.39, 0.29) is 5.56 Å². The Labute approximate surface area is 153 Å². The summed E-state index contributed by atoms with van der Waals surface area (Å²) in [5, 5.41) is 0. The van der Waals surface area contributed by atoms with Gasteiger partial charge < -0.3 is 4.74 Å². The van der Waals surface area contributed by atoms with Gasteiger partial charge in [0.25, 0.3) is 0 Å². The fourth-order valence-corrected chi connectivity index (χ4v) is 4.61. The Morgan fingerprint density at radius 1 is 0.846 bits per heavy atom. The molecular weight excluding hydrogens is 344 g/mol. The van der Waals surface area contributed by atoms with Gasteiger partial charge in [0, 0.05) is 17.7 Å². The summed E-state index contributed by atoms with van der Waals surface area (Å²) in [6.07, 6.45) is 3.90. The van der Waals surface area contributed by atoms with E-state index in [0.717, 1.165) is 30.9 Å². The number of alkyl halides is 2. The second-order valence-corrected chi connectivity index (χ2v) is 8.31. The number of rotatable bonds is 4. The van der Waals surface area contributed by atoms with Crippen LogP contribution in [0.4, 0.5) is 17.6 Å². The average molecular weight is 372 g/mol. The standard InChI is InChI=1S/C21H28F4O/c1-13-3-5-15(6-4-13)16-7-9-17(10-8-16)21(24,25)26-18-11-19(22)14(2)20(23)12-18/h11-13,15-17H,3-10H2,1-2H3. The normalized spacial score (nSPS) is 30.2. The number of hydrogen-bond donors (Lipinski definition) is 0. The maximum absolute atomic E-state index is 14.5. The van der Waals surface area contributed by atoms with Crippen LogP contribution in [-0.2, 0) is 0 Å². The molecule has 146 valence electrons. The van der Waals surface area contributed by atoms with Crippen LogP contribution in [-0.4, -0.2) is 6.11 Å². The Bertz CT molecular complexity index is 591. The van der Waals surface area contributed by atoms with Crippen LogP contribution >= 0.6 is 0 Å². The molecule has 2 aliphatic carbocycles. The smallest absolute Gasteiger partial charge is 0.400 e. The third-order valence-corrected chi connectivity index (χ3v) is 6.48. The molecular formula is C21H28F4O. The fraction of sp³-hybridized carbons (Fsp3) is 0.714. The molecule has 0 N–H and O–H groups in total. The lowest BCUT2D eigenvalue weighted by Gasteiger charge is -2.38. The van der Waals surface area contributed by atoms with E-state index < -0.39 is 29.4 Å². The van der Waals surface area contributed by atoms with Gasteiger partial charge in [0.1, 0.15) is 17.4 Å². The van der Waals surface area contributed by atoms with Crippen LogP contribution in [0.5, 0.6) is 5.75 Å². The van der Waals surface area contributed by atoms with Crippen molar-refractivity contribution < 1.29 is 22.3 Å². The van der Waals surface area contributed by atoms with E-state index in [4.69, 9.17) is 4.74 Å². The van der Waals surface area contributed by atoms with Crippen LogP contribution in [0.15, 0.2) is 12.1 Å². The molecule has 2 saturated carbocycles. The molecule has 1 aromatic carbocycles. The minimum absolute atomic E-state index is 0.192. The topological polar surface area (TPSA) is 9.23 Å². The summed E-state index contributed by atoms with van der Waals surface area (Å²) in [6.45, 7) is 3.54. The molecule has 3 rings (SSSR count). The predicted octanol–water partition coefficient (Wildman–Crippen LogP) is 6.88. The van der Waals surface area contributed by atoms with Crippen molar-refractivity contribution in [2.75, 3.05) is 0 Å². The summed E-state index contributed by atoms with van der Waals surface area (Å²) >= 11 is 0. The van der Waals surface area contributed by atoms with E-state index in [1.807, 2.05) is 0 Å². The van der Waals surface area contributed by atoms with Crippen molar-refractivity contribution in [3.63, 3.8) is 0 Å². The van der Waals surface area contributed by atoms with Crippen molar-refractivity contribution in [3.05, 3.63) is 29.3 Å². The molecule has 0 aromatic heterocycles. The molecule has 2 aliphatic rings. The summed E-state index contributed by atoms with van der Waals surface area (Å²) < 4.78 is 60.9. The van der Waals surface area contributed by atoms with E-state index in [1.54, 1.807) is 0 Å². The summed E-state index contributed by atoms with van der Waals surface area (Å²) in [5.41, 5.74) is -0.192. The number of hydrogen-bond acceptors (Lipinski definition) is 1. The summed E-state index contributed by atoms with van der Waals surface area (Å²) in [4.78, 5) is 0. The maximum Gasteiger partial charge on any atom is 0.400 e. The zero-order chi connectivity index (χ0) is 18.9. The Morgan fingerprint density at radius 2 is 1.31 bits per heavy atom. The quantitative estimate of drug-likeness (QED) is 0.524. The first-order valence-electron chi connectivity index (χ1n) is 9.78. The largest absolute Gasteiger partial charge is 0.432 e. The highest BCUT2D eigenvalue weighted by Gasteiger charge is 2.45. The Hall–Kier alpha value is -1.26. The molecule has 1 nitrogen and oxygen atoms in total. The van der Waals surface area contributed by atoms with Crippen LogP contribution in [0.2, 0.25) is 0 Å². The first kappa shape index (κ1) is 19.5. The van der Waals surface area contributed by atoms with Gasteiger partial charge in [-0.3, -0.25) is 0 Å². The second-order valence-electron chi connectivity index (χ2n) is 8.31. The molecule has 0 atom stereocenters. The monoisotopic (exact) mass is 372 g/mol. The number of ether oxygens (including phenoxy) is 1. The second kappa shape index (κ2) is 7.77. The van der Waals surface area contributed by atoms with Gasteiger partial charge in [-0.25, -0.2) is 8.78 Å². The highest BCUT2D eigenvalue weighted by Crippen LogP contribution is 2.45. The third kappa shape index (κ3) is 4.34. The van der Waals surface area contributed by atoms with Gasteiger partial charge in [-0.2, -0.15) is 8.78 Å². The molecule has 1 aromatic rings. The van der Waals surface area contributed by atoms with Crippen LogP contribution in [0, 0.1) is 42.2 Å². The highest BCUT2D eigenvalue weighted by molar-refractivity contribution is 5.30. The van der Waals surface area contributed by atoms with Crippen molar-refractivity contribution >= 4 is 0 Å². The zero-order valence-electron chi connectivity index (χ0n) is 15.5.